The van der Waals surface area contributed by atoms with Gasteiger partial charge in [-0.15, -0.1) is 10.2 Å². The molecule has 3 aromatic heterocycles. The third-order valence-corrected chi connectivity index (χ3v) is 6.41. The Morgan fingerprint density at radius 3 is 2.81 bits per heavy atom. The molecule has 0 aliphatic carbocycles. The molecule has 4 aromatic rings. The van der Waals surface area contributed by atoms with E-state index in [0.29, 0.717) is 42.7 Å². The molecule has 0 amide bonds. The van der Waals surface area contributed by atoms with Crippen LogP contribution in [0.4, 0.5) is 23.5 Å². The van der Waals surface area contributed by atoms with Gasteiger partial charge in [0.2, 0.25) is 11.8 Å². The predicted molar refractivity (Wildman–Crippen MR) is 127 cm³/mol. The summed E-state index contributed by atoms with van der Waals surface area (Å²) in [6.45, 7) is 1.48. The molecule has 1 fully saturated rings. The molecule has 0 radical (unpaired) electrons. The Kier molecular flexibility index (Phi) is 7.11. The zero-order valence-electron chi connectivity index (χ0n) is 20.2. The quantitative estimate of drug-likeness (QED) is 0.336. The summed E-state index contributed by atoms with van der Waals surface area (Å²) in [5, 5.41) is 15.0. The van der Waals surface area contributed by atoms with Gasteiger partial charge in [0.25, 0.3) is 6.43 Å². The van der Waals surface area contributed by atoms with E-state index < -0.39 is 31.0 Å². The van der Waals surface area contributed by atoms with Crippen LogP contribution in [-0.2, 0) is 11.3 Å². The first kappa shape index (κ1) is 25.1. The van der Waals surface area contributed by atoms with Crippen LogP contribution in [0.15, 0.2) is 24.4 Å². The van der Waals surface area contributed by atoms with Crippen LogP contribution in [0, 0.1) is 5.82 Å². The van der Waals surface area contributed by atoms with Gasteiger partial charge in [-0.2, -0.15) is 4.98 Å². The largest absolute Gasteiger partial charge is 0.479 e. The third-order valence-electron chi connectivity index (χ3n) is 6.41. The van der Waals surface area contributed by atoms with E-state index in [0.717, 1.165) is 4.68 Å². The van der Waals surface area contributed by atoms with Crippen LogP contribution in [0.3, 0.4) is 0 Å². The van der Waals surface area contributed by atoms with Crippen molar-refractivity contribution in [3.8, 4) is 17.0 Å². The van der Waals surface area contributed by atoms with Crippen LogP contribution >= 0.6 is 0 Å². The van der Waals surface area contributed by atoms with Crippen LogP contribution in [-0.4, -0.2) is 93.6 Å². The van der Waals surface area contributed by atoms with Crippen molar-refractivity contribution in [2.24, 2.45) is 0 Å². The number of alkyl halides is 3. The second-order valence-corrected chi connectivity index (χ2v) is 8.80. The molecule has 5 rings (SSSR count). The number of likely N-dealkylation sites (tertiary alicyclic amines) is 1. The van der Waals surface area contributed by atoms with Gasteiger partial charge in [-0.3, -0.25) is 4.90 Å². The van der Waals surface area contributed by atoms with Crippen molar-refractivity contribution in [1.29, 1.82) is 0 Å². The van der Waals surface area contributed by atoms with Gasteiger partial charge in [-0.05, 0) is 24.1 Å². The van der Waals surface area contributed by atoms with Gasteiger partial charge in [0.1, 0.15) is 23.7 Å². The number of benzene rings is 1. The number of hydrogen-bond donors (Lipinski definition) is 1. The first-order valence-electron chi connectivity index (χ1n) is 11.7. The molecule has 0 unspecified atom stereocenters. The first-order valence-corrected chi connectivity index (χ1v) is 11.7. The first-order chi connectivity index (χ1) is 17.9. The summed E-state index contributed by atoms with van der Waals surface area (Å²) in [4.78, 5) is 6.35. The van der Waals surface area contributed by atoms with Crippen molar-refractivity contribution >= 4 is 22.5 Å². The highest BCUT2D eigenvalue weighted by atomic mass is 19.3. The molecule has 1 aromatic carbocycles. The molecule has 1 aliphatic rings. The minimum Gasteiger partial charge on any atom is -0.479 e. The number of aromatic nitrogens is 6. The highest BCUT2D eigenvalue weighted by molar-refractivity contribution is 5.89. The van der Waals surface area contributed by atoms with E-state index in [1.54, 1.807) is 19.2 Å². The molecule has 0 bridgehead atoms. The fourth-order valence-corrected chi connectivity index (χ4v) is 4.61. The van der Waals surface area contributed by atoms with Crippen molar-refractivity contribution in [3.63, 3.8) is 0 Å². The second-order valence-electron chi connectivity index (χ2n) is 8.80. The molecule has 0 spiro atoms. The van der Waals surface area contributed by atoms with Crippen molar-refractivity contribution < 1.29 is 27.0 Å². The molecule has 14 heteroatoms. The summed E-state index contributed by atoms with van der Waals surface area (Å²) in [7, 11) is 2.99. The summed E-state index contributed by atoms with van der Waals surface area (Å²) < 4.78 is 68.9. The molecule has 1 aliphatic heterocycles. The Balaban J connectivity index is 1.46. The number of fused-ring (bicyclic) bond motifs is 2. The van der Waals surface area contributed by atoms with Crippen molar-refractivity contribution in [2.75, 3.05) is 45.8 Å². The number of methoxy groups -OCH3 is 2. The van der Waals surface area contributed by atoms with Gasteiger partial charge < -0.3 is 14.8 Å². The number of nitrogens with one attached hydrogen (secondary N) is 1. The zero-order chi connectivity index (χ0) is 26.1. The maximum Gasteiger partial charge on any atom is 0.258 e. The number of nitrogens with zero attached hydrogens (tertiary/aromatic N) is 7. The molecule has 37 heavy (non-hydrogen) atoms. The van der Waals surface area contributed by atoms with E-state index in [-0.39, 0.29) is 29.5 Å². The molecule has 10 nitrogen and oxygen atoms in total. The van der Waals surface area contributed by atoms with E-state index in [1.165, 1.54) is 23.9 Å². The van der Waals surface area contributed by atoms with Gasteiger partial charge >= 0.3 is 0 Å². The van der Waals surface area contributed by atoms with Crippen LogP contribution < -0.4 is 10.1 Å². The lowest BCUT2D eigenvalue weighted by Crippen LogP contribution is -2.48. The van der Waals surface area contributed by atoms with Gasteiger partial charge in [-0.1, -0.05) is 11.3 Å². The molecule has 1 N–H and O–H groups in total. The van der Waals surface area contributed by atoms with Gasteiger partial charge in [0.15, 0.2) is 5.82 Å². The summed E-state index contributed by atoms with van der Waals surface area (Å²) >= 11 is 0. The predicted octanol–water partition coefficient (Wildman–Crippen LogP) is 3.02. The average molecular weight is 523 g/mol. The molecule has 1 saturated heterocycles. The summed E-state index contributed by atoms with van der Waals surface area (Å²) in [6, 6.07) is 4.20. The summed E-state index contributed by atoms with van der Waals surface area (Å²) in [5.41, 5.74) is 1.49. The summed E-state index contributed by atoms with van der Waals surface area (Å²) in [5.74, 6) is -0.450. The standard InChI is InChI=1S/C23H26F4N8O2/c1-36-8-7-33-6-5-16(14(24)10-33)28-23-29-22(37-2)21-20(15(25)11-35(21)31-23)13-3-4-17-18(9-13)34(32-30-17)12-19(26)27/h3-4,9,11,14,16,19H,5-8,10,12H2,1-2H3,(H,28,31)/t14-,16-/m1/s1. The lowest BCUT2D eigenvalue weighted by Gasteiger charge is -2.34. The smallest absolute Gasteiger partial charge is 0.258 e. The van der Waals surface area contributed by atoms with Crippen molar-refractivity contribution in [2.45, 2.75) is 31.6 Å². The van der Waals surface area contributed by atoms with E-state index in [9.17, 15) is 13.2 Å². The maximum atomic E-state index is 15.2. The number of anilines is 1. The van der Waals surface area contributed by atoms with Crippen LogP contribution in [0.1, 0.15) is 6.42 Å². The van der Waals surface area contributed by atoms with Gasteiger partial charge in [0.05, 0.1) is 37.0 Å². The number of hydrogen-bond acceptors (Lipinski definition) is 8. The van der Waals surface area contributed by atoms with E-state index in [2.05, 4.69) is 25.7 Å². The molecule has 4 heterocycles. The Labute approximate surface area is 209 Å². The topological polar surface area (TPSA) is 94.6 Å². The Bertz CT molecular complexity index is 1390. The van der Waals surface area contributed by atoms with Gasteiger partial charge in [-0.25, -0.2) is 26.8 Å². The van der Waals surface area contributed by atoms with E-state index in [4.69, 9.17) is 9.47 Å². The normalized spacial score (nSPS) is 18.8. The minimum atomic E-state index is -2.62. The highest BCUT2D eigenvalue weighted by Crippen LogP contribution is 2.35. The highest BCUT2D eigenvalue weighted by Gasteiger charge is 2.30. The van der Waals surface area contributed by atoms with Gasteiger partial charge in [0, 0.05) is 26.7 Å². The fourth-order valence-electron chi connectivity index (χ4n) is 4.61. The number of ether oxygens (including phenoxy) is 2. The second kappa shape index (κ2) is 10.5. The van der Waals surface area contributed by atoms with E-state index in [1.807, 2.05) is 4.90 Å². The SMILES string of the molecule is COCCN1CC[C@@H](Nc2nc(OC)c3c(-c4ccc5nnn(CC(F)F)c5c4)c(F)cn3n2)[C@H](F)C1. The van der Waals surface area contributed by atoms with Crippen molar-refractivity contribution in [1.82, 2.24) is 34.5 Å². The molecule has 2 atom stereocenters. The summed E-state index contributed by atoms with van der Waals surface area (Å²) in [6.07, 6.45) is -2.09. The number of halogens is 4. The van der Waals surface area contributed by atoms with Crippen LogP contribution in [0.2, 0.25) is 0 Å². The Hall–Kier alpha value is -3.52. The number of piperidine rings is 1. The fraction of sp³-hybridized carbons (Fsp3) is 0.478. The van der Waals surface area contributed by atoms with Crippen molar-refractivity contribution in [3.05, 3.63) is 30.2 Å². The average Bonchev–Trinajstić information content (AvgIpc) is 3.42. The monoisotopic (exact) mass is 522 g/mol. The lowest BCUT2D eigenvalue weighted by atomic mass is 10.0. The maximum absolute atomic E-state index is 15.2. The number of rotatable bonds is 9. The minimum absolute atomic E-state index is 0.0728. The zero-order valence-corrected chi connectivity index (χ0v) is 20.2. The van der Waals surface area contributed by atoms with E-state index >= 15 is 4.39 Å². The van der Waals surface area contributed by atoms with Crippen LogP contribution in [0.5, 0.6) is 5.88 Å². The molecular weight excluding hydrogens is 496 g/mol. The molecule has 198 valence electrons. The lowest BCUT2D eigenvalue weighted by molar-refractivity contribution is 0.0918. The third kappa shape index (κ3) is 5.03. The Morgan fingerprint density at radius 1 is 1.24 bits per heavy atom. The Morgan fingerprint density at radius 2 is 2.08 bits per heavy atom. The van der Waals surface area contributed by atoms with Crippen LogP contribution in [0.25, 0.3) is 27.7 Å². The molecular formula is C23H26F4N8O2. The molecule has 0 saturated carbocycles.